The van der Waals surface area contributed by atoms with Gasteiger partial charge in [0.15, 0.2) is 11.9 Å². The number of benzene rings is 1. The summed E-state index contributed by atoms with van der Waals surface area (Å²) in [6, 6.07) is 11.8. The van der Waals surface area contributed by atoms with Crippen molar-refractivity contribution in [1.82, 2.24) is 5.32 Å². The van der Waals surface area contributed by atoms with Gasteiger partial charge in [0, 0.05) is 29.3 Å². The summed E-state index contributed by atoms with van der Waals surface area (Å²) < 4.78 is 2.42. The van der Waals surface area contributed by atoms with E-state index in [9.17, 15) is 0 Å². The van der Waals surface area contributed by atoms with Crippen molar-refractivity contribution in [2.75, 3.05) is 7.05 Å². The van der Waals surface area contributed by atoms with Gasteiger partial charge in [-0.1, -0.05) is 82.9 Å². The number of hydrogen-bond acceptors (Lipinski definition) is 1. The van der Waals surface area contributed by atoms with Gasteiger partial charge in [-0.3, -0.25) is 0 Å². The molecule has 2 unspecified atom stereocenters. The molecular weight excluding hydrogens is 440 g/mol. The third kappa shape index (κ3) is 6.51. The number of pyridine rings is 1. The summed E-state index contributed by atoms with van der Waals surface area (Å²) in [4.78, 5) is 0. The van der Waals surface area contributed by atoms with E-state index in [1.807, 2.05) is 0 Å². The van der Waals surface area contributed by atoms with Gasteiger partial charge < -0.3 is 5.32 Å². The molecule has 2 nitrogen and oxygen atoms in total. The van der Waals surface area contributed by atoms with Crippen molar-refractivity contribution < 1.29 is 4.57 Å². The fourth-order valence-electron chi connectivity index (χ4n) is 5.54. The van der Waals surface area contributed by atoms with Crippen LogP contribution in [0.1, 0.15) is 51.7 Å². The minimum atomic E-state index is -1.58. The highest BCUT2D eigenvalue weighted by Gasteiger charge is 2.33. The van der Waals surface area contributed by atoms with Crippen molar-refractivity contribution in [2.24, 2.45) is 11.3 Å². The highest BCUT2D eigenvalue weighted by Crippen LogP contribution is 2.32. The molecule has 0 saturated heterocycles. The number of fused-ring (bicyclic) bond motifs is 3. The molecule has 0 saturated carbocycles. The van der Waals surface area contributed by atoms with Gasteiger partial charge in [0.25, 0.3) is 0 Å². The minimum Gasteiger partial charge on any atom is -0.316 e. The molecule has 3 rings (SSSR count). The van der Waals surface area contributed by atoms with Gasteiger partial charge >= 0.3 is 0 Å². The Bertz CT molecular complexity index is 1110. The first-order valence-electron chi connectivity index (χ1n) is 13.2. The lowest BCUT2D eigenvalue weighted by atomic mass is 9.82. The molecule has 35 heavy (non-hydrogen) atoms. The topological polar surface area (TPSA) is 15.9 Å². The van der Waals surface area contributed by atoms with Gasteiger partial charge in [0.05, 0.1) is 8.07 Å². The smallest absolute Gasteiger partial charge is 0.218 e. The first kappa shape index (κ1) is 27.4. The SMILES string of the molecule is C=C(/C=C\C)C1CCc2ccccc2-c2cc(CC(C)(C)C)c([Si](C)(C)C)c[n+]2C(=C)CC1NC. The Hall–Kier alpha value is -2.23. The van der Waals surface area contributed by atoms with Crippen LogP contribution in [0.15, 0.2) is 67.4 Å². The molecule has 1 N–H and O–H groups in total. The normalized spacial score (nSPS) is 19.4. The lowest BCUT2D eigenvalue weighted by molar-refractivity contribution is -0.570. The van der Waals surface area contributed by atoms with Gasteiger partial charge in [-0.05, 0) is 68.3 Å². The van der Waals surface area contributed by atoms with Gasteiger partial charge in [-0.15, -0.1) is 0 Å². The van der Waals surface area contributed by atoms with Crippen molar-refractivity contribution in [2.45, 2.75) is 79.1 Å². The molecule has 2 aromatic rings. The number of hydrogen-bond donors (Lipinski definition) is 1. The lowest BCUT2D eigenvalue weighted by Crippen LogP contribution is -2.50. The predicted octanol–water partition coefficient (Wildman–Crippen LogP) is 6.92. The van der Waals surface area contributed by atoms with Crippen LogP contribution in [0.3, 0.4) is 0 Å². The quantitative estimate of drug-likeness (QED) is 0.275. The van der Waals surface area contributed by atoms with Gasteiger partial charge in [0.1, 0.15) is 0 Å². The zero-order valence-corrected chi connectivity index (χ0v) is 24.5. The van der Waals surface area contributed by atoms with Crippen LogP contribution >= 0.6 is 0 Å². The number of nitrogens with one attached hydrogen (secondary N) is 1. The third-order valence-electron chi connectivity index (χ3n) is 7.23. The van der Waals surface area contributed by atoms with Gasteiger partial charge in [0.2, 0.25) is 5.69 Å². The Labute approximate surface area is 215 Å². The van der Waals surface area contributed by atoms with Crippen LogP contribution in [0.5, 0.6) is 0 Å². The van der Waals surface area contributed by atoms with Gasteiger partial charge in [-0.2, -0.15) is 4.57 Å². The highest BCUT2D eigenvalue weighted by molar-refractivity contribution is 6.89. The van der Waals surface area contributed by atoms with Crippen molar-refractivity contribution in [3.05, 3.63) is 78.5 Å². The van der Waals surface area contributed by atoms with Crippen LogP contribution in [-0.2, 0) is 12.8 Å². The maximum absolute atomic E-state index is 4.66. The summed E-state index contributed by atoms with van der Waals surface area (Å²) in [6.45, 7) is 25.6. The van der Waals surface area contributed by atoms with E-state index in [2.05, 4.69) is 126 Å². The molecule has 0 bridgehead atoms. The number of allylic oxidation sites excluding steroid dienone is 2. The van der Waals surface area contributed by atoms with Crippen molar-refractivity contribution in [3.8, 4) is 11.3 Å². The van der Waals surface area contributed by atoms with Crippen molar-refractivity contribution in [1.29, 1.82) is 0 Å². The number of rotatable bonds is 5. The van der Waals surface area contributed by atoms with Crippen LogP contribution in [0.4, 0.5) is 0 Å². The molecule has 2 atom stereocenters. The molecule has 188 valence electrons. The zero-order valence-electron chi connectivity index (χ0n) is 23.5. The Morgan fingerprint density at radius 3 is 2.49 bits per heavy atom. The Morgan fingerprint density at radius 2 is 1.89 bits per heavy atom. The molecule has 1 aromatic carbocycles. The van der Waals surface area contributed by atoms with E-state index in [1.54, 1.807) is 5.19 Å². The van der Waals surface area contributed by atoms with E-state index in [-0.39, 0.29) is 5.41 Å². The van der Waals surface area contributed by atoms with Gasteiger partial charge in [-0.25, -0.2) is 0 Å². The molecule has 0 aliphatic carbocycles. The molecule has 0 fully saturated rings. The average molecular weight is 488 g/mol. The molecule has 1 aliphatic rings. The lowest BCUT2D eigenvalue weighted by Gasteiger charge is -2.30. The standard InChI is InChI=1S/C32H47N2Si/c1-11-14-23(2)27-18-17-25-15-12-13-16-28(25)30-20-26(21-32(4,5)6)31(35(8,9)10)22-34(30)24(3)19-29(27)33-7/h11-16,20,22,27,29,33H,2-3,17-19,21H2,1,4-10H3/q+1/b14-11-. The molecule has 0 spiro atoms. The van der Waals surface area contributed by atoms with Crippen LogP contribution in [0, 0.1) is 11.3 Å². The van der Waals surface area contributed by atoms with E-state index >= 15 is 0 Å². The summed E-state index contributed by atoms with van der Waals surface area (Å²) in [5.74, 6) is 0.361. The first-order chi connectivity index (χ1) is 16.4. The van der Waals surface area contributed by atoms with E-state index in [0.29, 0.717) is 12.0 Å². The predicted molar refractivity (Wildman–Crippen MR) is 157 cm³/mol. The van der Waals surface area contributed by atoms with E-state index < -0.39 is 8.07 Å². The minimum absolute atomic E-state index is 0.234. The largest absolute Gasteiger partial charge is 0.316 e. The van der Waals surface area contributed by atoms with Crippen molar-refractivity contribution in [3.63, 3.8) is 0 Å². The van der Waals surface area contributed by atoms with E-state index in [1.165, 1.54) is 28.0 Å². The maximum Gasteiger partial charge on any atom is 0.218 e. The summed E-state index contributed by atoms with van der Waals surface area (Å²) >= 11 is 0. The van der Waals surface area contributed by atoms with E-state index in [4.69, 9.17) is 0 Å². The second-order valence-corrected chi connectivity index (χ2v) is 17.5. The fourth-order valence-corrected chi connectivity index (χ4v) is 7.18. The molecule has 0 amide bonds. The maximum atomic E-state index is 4.66. The van der Waals surface area contributed by atoms with Crippen LogP contribution in [0.2, 0.25) is 19.6 Å². The van der Waals surface area contributed by atoms with Crippen LogP contribution in [0.25, 0.3) is 17.0 Å². The Kier molecular flexibility index (Phi) is 8.44. The van der Waals surface area contributed by atoms with E-state index in [0.717, 1.165) is 31.4 Å². The second-order valence-electron chi connectivity index (χ2n) is 12.5. The first-order valence-corrected chi connectivity index (χ1v) is 16.7. The molecule has 1 aliphatic heterocycles. The molecule has 3 heteroatoms. The zero-order chi connectivity index (χ0) is 26.0. The molecule has 2 heterocycles. The Morgan fingerprint density at radius 1 is 1.20 bits per heavy atom. The number of nitrogens with zero attached hydrogens (tertiary/aromatic N) is 1. The molecular formula is C32H47N2Si+. The molecule has 1 aromatic heterocycles. The Balaban J connectivity index is 2.28. The van der Waals surface area contributed by atoms with Crippen LogP contribution < -0.4 is 15.1 Å². The summed E-state index contributed by atoms with van der Waals surface area (Å²) in [5.41, 5.74) is 8.12. The summed E-state index contributed by atoms with van der Waals surface area (Å²) in [7, 11) is 0.505. The van der Waals surface area contributed by atoms with Crippen molar-refractivity contribution >= 4 is 19.0 Å². The fraction of sp³-hybridized carbons (Fsp3) is 0.469. The monoisotopic (exact) mass is 487 g/mol. The third-order valence-corrected chi connectivity index (χ3v) is 9.30. The summed E-state index contributed by atoms with van der Waals surface area (Å²) in [6.07, 6.45) is 10.8. The number of aromatic nitrogens is 1. The number of aryl methyl sites for hydroxylation is 1. The average Bonchev–Trinajstić information content (AvgIpc) is 2.76. The second kappa shape index (κ2) is 10.8. The summed E-state index contributed by atoms with van der Waals surface area (Å²) in [5, 5.41) is 5.17. The molecule has 0 radical (unpaired) electrons. The van der Waals surface area contributed by atoms with Crippen LogP contribution in [-0.4, -0.2) is 21.2 Å². The highest BCUT2D eigenvalue weighted by atomic mass is 28.3.